The molecule has 0 saturated heterocycles. The summed E-state index contributed by atoms with van der Waals surface area (Å²) < 4.78 is 10.5. The van der Waals surface area contributed by atoms with E-state index in [1.54, 1.807) is 19.1 Å². The average molecular weight is 389 g/mol. The molecule has 1 aromatic carbocycles. The van der Waals surface area contributed by atoms with Crippen molar-refractivity contribution in [2.75, 3.05) is 13.7 Å². The third-order valence-electron chi connectivity index (χ3n) is 2.57. The van der Waals surface area contributed by atoms with Crippen molar-refractivity contribution in [2.24, 2.45) is 0 Å². The fraction of sp³-hybridized carbons (Fsp3) is 0.250. The predicted molar refractivity (Wildman–Crippen MR) is 78.7 cm³/mol. The molecule has 0 aliphatic rings. The monoisotopic (exact) mass is 389 g/mol. The van der Waals surface area contributed by atoms with Crippen LogP contribution in [0, 0.1) is 3.57 Å². The zero-order chi connectivity index (χ0) is 14.7. The lowest BCUT2D eigenvalue weighted by Gasteiger charge is -2.09. The van der Waals surface area contributed by atoms with Gasteiger partial charge in [0.05, 0.1) is 17.3 Å². The van der Waals surface area contributed by atoms with Crippen LogP contribution in [-0.4, -0.2) is 40.2 Å². The highest BCUT2D eigenvalue weighted by Crippen LogP contribution is 2.38. The van der Waals surface area contributed by atoms with E-state index in [0.717, 1.165) is 0 Å². The van der Waals surface area contributed by atoms with Gasteiger partial charge in [0.25, 0.3) is 0 Å². The Kier molecular flexibility index (Phi) is 4.42. The number of aromatic hydroxyl groups is 1. The van der Waals surface area contributed by atoms with E-state index in [1.165, 1.54) is 7.11 Å². The minimum absolute atomic E-state index is 0.0107. The average Bonchev–Trinajstić information content (AvgIpc) is 2.91. The first-order chi connectivity index (χ1) is 9.60. The van der Waals surface area contributed by atoms with E-state index in [1.807, 2.05) is 22.6 Å². The molecule has 2 N–H and O–H groups in total. The second-order valence-corrected chi connectivity index (χ2v) is 4.80. The van der Waals surface area contributed by atoms with Gasteiger partial charge in [-0.25, -0.2) is 4.79 Å². The fourth-order valence-corrected chi connectivity index (χ4v) is 2.36. The minimum atomic E-state index is -0.567. The molecule has 7 nitrogen and oxygen atoms in total. The van der Waals surface area contributed by atoms with Crippen molar-refractivity contribution >= 4 is 28.6 Å². The first-order valence-electron chi connectivity index (χ1n) is 5.73. The number of esters is 1. The summed E-state index contributed by atoms with van der Waals surface area (Å²) in [5.74, 6) is -0.231. The molecule has 20 heavy (non-hydrogen) atoms. The first kappa shape index (κ1) is 14.6. The maximum absolute atomic E-state index is 11.8. The number of nitrogens with zero attached hydrogens (tertiary/aromatic N) is 2. The molecule has 106 valence electrons. The Morgan fingerprint density at radius 1 is 1.45 bits per heavy atom. The van der Waals surface area contributed by atoms with Crippen LogP contribution in [0.15, 0.2) is 12.1 Å². The van der Waals surface area contributed by atoms with Gasteiger partial charge in [0, 0.05) is 5.56 Å². The first-order valence-corrected chi connectivity index (χ1v) is 6.81. The largest absolute Gasteiger partial charge is 0.504 e. The van der Waals surface area contributed by atoms with Crippen molar-refractivity contribution in [3.05, 3.63) is 21.4 Å². The summed E-state index contributed by atoms with van der Waals surface area (Å²) in [6.07, 6.45) is 0. The molecule has 0 aliphatic heterocycles. The number of hydrogen-bond acceptors (Lipinski definition) is 6. The molecule has 0 unspecified atom stereocenters. The van der Waals surface area contributed by atoms with Gasteiger partial charge in [0.2, 0.25) is 0 Å². The number of aromatic nitrogens is 3. The SMILES string of the molecule is CCOC(=O)c1n[nH]nc1-c1ccc(OC)c(O)c1I. The third kappa shape index (κ3) is 2.55. The molecule has 0 saturated carbocycles. The Hall–Kier alpha value is -1.84. The molecular weight excluding hydrogens is 377 g/mol. The lowest BCUT2D eigenvalue weighted by Crippen LogP contribution is -2.07. The number of phenols is 1. The highest BCUT2D eigenvalue weighted by atomic mass is 127. The zero-order valence-electron chi connectivity index (χ0n) is 10.8. The molecule has 0 spiro atoms. The van der Waals surface area contributed by atoms with E-state index in [-0.39, 0.29) is 18.1 Å². The van der Waals surface area contributed by atoms with Gasteiger partial charge < -0.3 is 14.6 Å². The molecule has 0 bridgehead atoms. The number of rotatable bonds is 4. The third-order valence-corrected chi connectivity index (χ3v) is 3.66. The molecular formula is C12H12IN3O4. The van der Waals surface area contributed by atoms with Crippen LogP contribution in [0.5, 0.6) is 11.5 Å². The second kappa shape index (κ2) is 6.07. The summed E-state index contributed by atoms with van der Waals surface area (Å²) in [4.78, 5) is 11.8. The Morgan fingerprint density at radius 2 is 2.20 bits per heavy atom. The molecule has 0 amide bonds. The van der Waals surface area contributed by atoms with Gasteiger partial charge in [0.15, 0.2) is 17.2 Å². The minimum Gasteiger partial charge on any atom is -0.504 e. The number of hydrogen-bond donors (Lipinski definition) is 2. The number of benzene rings is 1. The van der Waals surface area contributed by atoms with E-state index in [9.17, 15) is 9.90 Å². The molecule has 8 heteroatoms. The maximum Gasteiger partial charge on any atom is 0.361 e. The number of carbonyl (C=O) groups excluding carboxylic acids is 1. The summed E-state index contributed by atoms with van der Waals surface area (Å²) in [5.41, 5.74) is 0.973. The number of halogens is 1. The summed E-state index contributed by atoms with van der Waals surface area (Å²) >= 11 is 1.95. The van der Waals surface area contributed by atoms with E-state index in [2.05, 4.69) is 15.4 Å². The van der Waals surface area contributed by atoms with Crippen LogP contribution in [0.2, 0.25) is 0 Å². The Balaban J connectivity index is 2.51. The summed E-state index contributed by atoms with van der Waals surface area (Å²) in [6.45, 7) is 1.96. The van der Waals surface area contributed by atoms with Crippen LogP contribution >= 0.6 is 22.6 Å². The Labute approximate surface area is 128 Å². The number of aromatic amines is 1. The molecule has 1 aromatic heterocycles. The topological polar surface area (TPSA) is 97.3 Å². The van der Waals surface area contributed by atoms with Crippen LogP contribution in [0.4, 0.5) is 0 Å². The second-order valence-electron chi connectivity index (χ2n) is 3.72. The number of nitrogens with one attached hydrogen (secondary N) is 1. The highest BCUT2D eigenvalue weighted by Gasteiger charge is 2.22. The van der Waals surface area contributed by atoms with Crippen molar-refractivity contribution in [1.29, 1.82) is 0 Å². The normalized spacial score (nSPS) is 10.3. The predicted octanol–water partition coefficient (Wildman–Crippen LogP) is 1.97. The van der Waals surface area contributed by atoms with Crippen LogP contribution in [0.3, 0.4) is 0 Å². The lowest BCUT2D eigenvalue weighted by molar-refractivity contribution is 0.0520. The quantitative estimate of drug-likeness (QED) is 0.613. The van der Waals surface area contributed by atoms with E-state index in [0.29, 0.717) is 20.6 Å². The van der Waals surface area contributed by atoms with Gasteiger partial charge in [-0.1, -0.05) is 0 Å². The van der Waals surface area contributed by atoms with Gasteiger partial charge in [0.1, 0.15) is 5.69 Å². The van der Waals surface area contributed by atoms with Crippen molar-refractivity contribution in [3.63, 3.8) is 0 Å². The molecule has 2 aromatic rings. The zero-order valence-corrected chi connectivity index (χ0v) is 13.0. The van der Waals surface area contributed by atoms with E-state index in [4.69, 9.17) is 9.47 Å². The smallest absolute Gasteiger partial charge is 0.361 e. The van der Waals surface area contributed by atoms with E-state index < -0.39 is 5.97 Å². The molecule has 0 atom stereocenters. The van der Waals surface area contributed by atoms with Gasteiger partial charge in [-0.15, -0.1) is 5.10 Å². The van der Waals surface area contributed by atoms with Crippen LogP contribution in [-0.2, 0) is 4.74 Å². The van der Waals surface area contributed by atoms with Crippen molar-refractivity contribution in [2.45, 2.75) is 6.92 Å². The highest BCUT2D eigenvalue weighted by molar-refractivity contribution is 14.1. The Bertz CT molecular complexity index is 642. The van der Waals surface area contributed by atoms with Gasteiger partial charge in [-0.2, -0.15) is 10.3 Å². The fourth-order valence-electron chi connectivity index (χ4n) is 1.65. The standard InChI is InChI=1S/C12H12IN3O4/c1-3-20-12(18)10-9(14-16-15-10)6-4-5-7(19-2)11(17)8(6)13/h4-5,17H,3H2,1-2H3,(H,14,15,16). The van der Waals surface area contributed by atoms with Gasteiger partial charge >= 0.3 is 5.97 Å². The molecule has 0 radical (unpaired) electrons. The van der Waals surface area contributed by atoms with Crippen LogP contribution < -0.4 is 4.74 Å². The van der Waals surface area contributed by atoms with Crippen molar-refractivity contribution < 1.29 is 19.4 Å². The Morgan fingerprint density at radius 3 is 2.85 bits per heavy atom. The molecule has 2 rings (SSSR count). The molecule has 0 fully saturated rings. The summed E-state index contributed by atoms with van der Waals surface area (Å²) in [6, 6.07) is 3.29. The van der Waals surface area contributed by atoms with Gasteiger partial charge in [-0.3, -0.25) is 0 Å². The van der Waals surface area contributed by atoms with Crippen molar-refractivity contribution in [1.82, 2.24) is 15.4 Å². The maximum atomic E-state index is 11.8. The summed E-state index contributed by atoms with van der Waals surface area (Å²) in [5, 5.41) is 20.1. The number of ether oxygens (including phenoxy) is 2. The van der Waals surface area contributed by atoms with Gasteiger partial charge in [-0.05, 0) is 41.6 Å². The number of H-pyrrole nitrogens is 1. The van der Waals surface area contributed by atoms with Crippen LogP contribution in [0.25, 0.3) is 11.3 Å². The number of methoxy groups -OCH3 is 1. The lowest BCUT2D eigenvalue weighted by atomic mass is 10.1. The number of carbonyl (C=O) groups is 1. The van der Waals surface area contributed by atoms with Crippen molar-refractivity contribution in [3.8, 4) is 22.8 Å². The molecule has 1 heterocycles. The summed E-state index contributed by atoms with van der Waals surface area (Å²) in [7, 11) is 1.46. The van der Waals surface area contributed by atoms with Crippen LogP contribution in [0.1, 0.15) is 17.4 Å². The molecule has 0 aliphatic carbocycles. The van der Waals surface area contributed by atoms with E-state index >= 15 is 0 Å². The number of phenolic OH excluding ortho intramolecular Hbond substituents is 1.